The van der Waals surface area contributed by atoms with Gasteiger partial charge in [-0.2, -0.15) is 0 Å². The summed E-state index contributed by atoms with van der Waals surface area (Å²) in [5, 5.41) is 2.20. The van der Waals surface area contributed by atoms with Gasteiger partial charge in [0.05, 0.1) is 6.54 Å². The molecule has 1 rings (SSSR count). The molecule has 1 aliphatic rings. The van der Waals surface area contributed by atoms with Gasteiger partial charge in [-0.3, -0.25) is 8.74 Å². The fraction of sp³-hybridized carbons (Fsp3) is 0.846. The lowest BCUT2D eigenvalue weighted by atomic mass is 10.0. The van der Waals surface area contributed by atoms with E-state index in [4.69, 9.17) is 10.5 Å². The van der Waals surface area contributed by atoms with Crippen molar-refractivity contribution < 1.29 is 14.3 Å². The maximum Gasteiger partial charge on any atom is 0.408 e. The maximum atomic E-state index is 10.8. The molecule has 0 spiro atoms. The molecule has 1 saturated carbocycles. The number of ether oxygens (including phenoxy) is 1. The van der Waals surface area contributed by atoms with Gasteiger partial charge in [0, 0.05) is 22.9 Å². The minimum atomic E-state index is -0.638. The van der Waals surface area contributed by atoms with E-state index in [2.05, 4.69) is 9.26 Å². The Balaban J connectivity index is 0. The molecule has 0 aromatic rings. The molecule has 6 nitrogen and oxygen atoms in total. The van der Waals surface area contributed by atoms with Gasteiger partial charge in [0.15, 0.2) is 0 Å². The normalized spacial score (nSPS) is 13.8. The number of hydrogen-bond acceptors (Lipinski definition) is 4. The molecule has 0 unspecified atom stereocenters. The Morgan fingerprint density at radius 2 is 1.40 bits per heavy atom. The second kappa shape index (κ2) is 13.4. The fourth-order valence-electron chi connectivity index (χ4n) is 1.53. The highest BCUT2D eigenvalue weighted by Gasteiger charge is 2.15. The van der Waals surface area contributed by atoms with Gasteiger partial charge in [-0.1, -0.05) is 38.5 Å². The molecule has 0 aromatic heterocycles. The molecule has 0 radical (unpaired) electrons. The van der Waals surface area contributed by atoms with Crippen LogP contribution in [0.25, 0.3) is 0 Å². The zero-order valence-corrected chi connectivity index (χ0v) is 14.9. The summed E-state index contributed by atoms with van der Waals surface area (Å²) in [6, 6.07) is 0. The van der Waals surface area contributed by atoms with Gasteiger partial charge in [0.1, 0.15) is 5.60 Å². The molecule has 0 heterocycles. The Kier molecular flexibility index (Phi) is 14.6. The number of nitrogens with two attached hydrogens (primary N) is 2. The van der Waals surface area contributed by atoms with E-state index in [0.29, 0.717) is 0 Å². The van der Waals surface area contributed by atoms with Crippen molar-refractivity contribution in [1.29, 1.82) is 0 Å². The number of hydrogen-bond donors (Lipinski definition) is 3. The first-order valence-corrected chi connectivity index (χ1v) is 8.03. The molecule has 0 aliphatic heterocycles. The minimum Gasteiger partial charge on any atom is -0.444 e. The van der Waals surface area contributed by atoms with Crippen LogP contribution in [0.3, 0.4) is 0 Å². The van der Waals surface area contributed by atoms with Crippen LogP contribution >= 0.6 is 22.9 Å². The molecule has 0 saturated heterocycles. The smallest absolute Gasteiger partial charge is 0.408 e. The van der Waals surface area contributed by atoms with Gasteiger partial charge in [-0.15, -0.1) is 0 Å². The second-order valence-corrected chi connectivity index (χ2v) is 5.44. The van der Waals surface area contributed by atoms with Gasteiger partial charge in [0.2, 0.25) is 5.91 Å². The van der Waals surface area contributed by atoms with Crippen LogP contribution in [0.2, 0.25) is 0 Å². The number of rotatable bonds is 2. The Labute approximate surface area is 135 Å². The highest BCUT2D eigenvalue weighted by Crippen LogP contribution is 2.15. The molecule has 7 heteroatoms. The van der Waals surface area contributed by atoms with Crippen LogP contribution in [-0.4, -0.2) is 24.1 Å². The van der Waals surface area contributed by atoms with Crippen molar-refractivity contribution in [3.63, 3.8) is 0 Å². The van der Waals surface area contributed by atoms with Crippen molar-refractivity contribution in [2.24, 2.45) is 9.68 Å². The van der Waals surface area contributed by atoms with E-state index in [1.54, 1.807) is 43.6 Å². The summed E-state index contributed by atoms with van der Waals surface area (Å²) in [5.74, 6) is -0.596. The minimum absolute atomic E-state index is 0.199. The van der Waals surface area contributed by atoms with Crippen LogP contribution < -0.4 is 15.0 Å². The summed E-state index contributed by atoms with van der Waals surface area (Å²) >= 11 is 1.65. The number of carbonyl (C=O) groups excluding carboxylic acids is 2. The highest BCUT2D eigenvalue weighted by molar-refractivity contribution is 14.1. The third kappa shape index (κ3) is 19.8. The first kappa shape index (κ1) is 21.7. The number of halogens is 1. The van der Waals surface area contributed by atoms with E-state index in [0.717, 1.165) is 0 Å². The SMILES string of the molecule is C1CCCCC1.CC(C)(C)OC(=O)NCC(N)=O.NI. The van der Waals surface area contributed by atoms with Gasteiger partial charge < -0.3 is 15.8 Å². The number of nitrogens with one attached hydrogen (secondary N) is 1. The molecule has 120 valence electrons. The number of amides is 2. The largest absolute Gasteiger partial charge is 0.444 e. The summed E-state index contributed by atoms with van der Waals surface area (Å²) in [6.07, 6.45) is 8.36. The van der Waals surface area contributed by atoms with Crippen molar-refractivity contribution in [2.75, 3.05) is 6.54 Å². The average molecular weight is 401 g/mol. The van der Waals surface area contributed by atoms with Gasteiger partial charge in [-0.05, 0) is 20.8 Å². The summed E-state index contributed by atoms with van der Waals surface area (Å²) in [7, 11) is 0. The lowest BCUT2D eigenvalue weighted by Gasteiger charge is -2.19. The standard InChI is InChI=1S/C7H14N2O3.C6H12.H2IN/c1-7(2,3)12-6(11)9-4-5(8)10;1-2-4-6-5-3-1;1-2/h4H2,1-3H3,(H2,8,10)(H,9,11);1-6H2;2H2. The molecule has 1 aliphatic carbocycles. The van der Waals surface area contributed by atoms with Crippen LogP contribution in [0.4, 0.5) is 4.79 Å². The number of carbonyl (C=O) groups is 2. The van der Waals surface area contributed by atoms with E-state index >= 15 is 0 Å². The monoisotopic (exact) mass is 401 g/mol. The summed E-state index contributed by atoms with van der Waals surface area (Å²) < 4.78 is 9.30. The Hall–Kier alpha value is -0.570. The summed E-state index contributed by atoms with van der Waals surface area (Å²) in [6.45, 7) is 5.00. The van der Waals surface area contributed by atoms with E-state index in [1.807, 2.05) is 0 Å². The second-order valence-electron chi connectivity index (χ2n) is 5.44. The molecule has 0 bridgehead atoms. The Morgan fingerprint density at radius 1 is 1.05 bits per heavy atom. The lowest BCUT2D eigenvalue weighted by molar-refractivity contribution is -0.117. The quantitative estimate of drug-likeness (QED) is 0.488. The average Bonchev–Trinajstić information content (AvgIpc) is 2.40. The van der Waals surface area contributed by atoms with Crippen LogP contribution in [0.5, 0.6) is 0 Å². The van der Waals surface area contributed by atoms with Crippen LogP contribution in [-0.2, 0) is 9.53 Å². The summed E-state index contributed by atoms with van der Waals surface area (Å²) in [5.41, 5.74) is 4.24. The van der Waals surface area contributed by atoms with Crippen molar-refractivity contribution in [2.45, 2.75) is 64.9 Å². The third-order valence-corrected chi connectivity index (χ3v) is 2.31. The number of primary amides is 1. The van der Waals surface area contributed by atoms with Gasteiger partial charge >= 0.3 is 6.09 Å². The zero-order chi connectivity index (χ0) is 16.0. The molecule has 1 fully saturated rings. The zero-order valence-electron chi connectivity index (χ0n) is 12.7. The Morgan fingerprint density at radius 3 is 1.65 bits per heavy atom. The van der Waals surface area contributed by atoms with Gasteiger partial charge in [0.25, 0.3) is 0 Å². The molecule has 0 atom stereocenters. The molecule has 0 aromatic carbocycles. The van der Waals surface area contributed by atoms with E-state index in [9.17, 15) is 9.59 Å². The predicted molar refractivity (Wildman–Crippen MR) is 89.3 cm³/mol. The van der Waals surface area contributed by atoms with Crippen LogP contribution in [0.15, 0.2) is 0 Å². The van der Waals surface area contributed by atoms with E-state index in [1.165, 1.54) is 38.5 Å². The maximum absolute atomic E-state index is 10.8. The molecule has 20 heavy (non-hydrogen) atoms. The van der Waals surface area contributed by atoms with Crippen LogP contribution in [0.1, 0.15) is 59.3 Å². The fourth-order valence-corrected chi connectivity index (χ4v) is 1.53. The first-order valence-electron chi connectivity index (χ1n) is 6.78. The molecule has 5 N–H and O–H groups in total. The van der Waals surface area contributed by atoms with E-state index < -0.39 is 17.6 Å². The third-order valence-electron chi connectivity index (χ3n) is 2.31. The first-order chi connectivity index (χ1) is 9.31. The summed E-state index contributed by atoms with van der Waals surface area (Å²) in [4.78, 5) is 21.0. The predicted octanol–water partition coefficient (Wildman–Crippen LogP) is 2.63. The van der Waals surface area contributed by atoms with Crippen molar-refractivity contribution in [3.05, 3.63) is 0 Å². The highest BCUT2D eigenvalue weighted by atomic mass is 127. The molecule has 2 amide bonds. The topological polar surface area (TPSA) is 107 Å². The van der Waals surface area contributed by atoms with Crippen molar-refractivity contribution in [3.8, 4) is 0 Å². The molecular weight excluding hydrogens is 373 g/mol. The van der Waals surface area contributed by atoms with Crippen LogP contribution in [0, 0.1) is 0 Å². The van der Waals surface area contributed by atoms with Gasteiger partial charge in [-0.25, -0.2) is 4.79 Å². The van der Waals surface area contributed by atoms with Crippen molar-refractivity contribution in [1.82, 2.24) is 5.32 Å². The van der Waals surface area contributed by atoms with Crippen molar-refractivity contribution >= 4 is 34.9 Å². The lowest BCUT2D eigenvalue weighted by Crippen LogP contribution is -2.37. The molecular formula is C13H28IN3O3. The van der Waals surface area contributed by atoms with E-state index in [-0.39, 0.29) is 6.54 Å². The number of alkyl carbamates (subject to hydrolysis) is 1. The Bertz CT molecular complexity index is 253.